The molecule has 1 fully saturated rings. The molecule has 4 nitrogen and oxygen atoms in total. The predicted molar refractivity (Wildman–Crippen MR) is 115 cm³/mol. The standard InChI is InChI=1S/C26H29NO3/c1-3-30-25(29)26-16-18-14-13-17(2)15-21(18)23(26)27(19-9-5-4-6-10-19)24(28)20-11-7-8-12-22(20)26/h7-8,11-15,19,23H,3-6,9-10,16H2,1-2H3/t23-,26+/m1/s1. The summed E-state index contributed by atoms with van der Waals surface area (Å²) >= 11 is 0. The van der Waals surface area contributed by atoms with Crippen molar-refractivity contribution < 1.29 is 14.3 Å². The van der Waals surface area contributed by atoms with Crippen LogP contribution in [0, 0.1) is 6.92 Å². The average molecular weight is 404 g/mol. The van der Waals surface area contributed by atoms with Crippen LogP contribution in [0.1, 0.15) is 77.7 Å². The predicted octanol–water partition coefficient (Wildman–Crippen LogP) is 4.88. The van der Waals surface area contributed by atoms with Crippen LogP contribution in [0.5, 0.6) is 0 Å². The van der Waals surface area contributed by atoms with E-state index in [0.29, 0.717) is 18.6 Å². The number of benzene rings is 2. The lowest BCUT2D eigenvalue weighted by atomic mass is 9.68. The van der Waals surface area contributed by atoms with E-state index in [-0.39, 0.29) is 24.0 Å². The molecule has 0 unspecified atom stereocenters. The van der Waals surface area contributed by atoms with Crippen LogP contribution in [0.3, 0.4) is 0 Å². The van der Waals surface area contributed by atoms with Gasteiger partial charge in [0.15, 0.2) is 0 Å². The smallest absolute Gasteiger partial charge is 0.319 e. The Kier molecular flexibility index (Phi) is 4.68. The van der Waals surface area contributed by atoms with E-state index in [4.69, 9.17) is 4.74 Å². The van der Waals surface area contributed by atoms with Crippen molar-refractivity contribution >= 4 is 11.9 Å². The Morgan fingerprint density at radius 2 is 1.90 bits per heavy atom. The molecule has 1 heterocycles. The van der Waals surface area contributed by atoms with Crippen LogP contribution < -0.4 is 0 Å². The van der Waals surface area contributed by atoms with Crippen LogP contribution in [-0.4, -0.2) is 29.4 Å². The van der Waals surface area contributed by atoms with E-state index in [1.54, 1.807) is 0 Å². The number of carbonyl (C=O) groups excluding carboxylic acids is 2. The van der Waals surface area contributed by atoms with Gasteiger partial charge in [-0.1, -0.05) is 61.2 Å². The Labute approximate surface area is 178 Å². The summed E-state index contributed by atoms with van der Waals surface area (Å²) in [6, 6.07) is 14.0. The summed E-state index contributed by atoms with van der Waals surface area (Å²) in [5.74, 6) is -0.138. The number of hydrogen-bond acceptors (Lipinski definition) is 3. The van der Waals surface area contributed by atoms with E-state index in [1.807, 2.05) is 31.2 Å². The van der Waals surface area contributed by atoms with Gasteiger partial charge in [0.2, 0.25) is 0 Å². The molecule has 0 N–H and O–H groups in total. The molecule has 30 heavy (non-hydrogen) atoms. The number of esters is 1. The van der Waals surface area contributed by atoms with Crippen molar-refractivity contribution in [2.45, 2.75) is 69.9 Å². The first-order valence-corrected chi connectivity index (χ1v) is 11.3. The Balaban J connectivity index is 1.78. The summed E-state index contributed by atoms with van der Waals surface area (Å²) in [6.07, 6.45) is 6.08. The second-order valence-corrected chi connectivity index (χ2v) is 9.02. The van der Waals surface area contributed by atoms with Crippen molar-refractivity contribution in [3.8, 4) is 0 Å². The number of aryl methyl sites for hydroxylation is 1. The van der Waals surface area contributed by atoms with Gasteiger partial charge < -0.3 is 9.64 Å². The number of carbonyl (C=O) groups is 2. The Bertz CT molecular complexity index is 1010. The summed E-state index contributed by atoms with van der Waals surface area (Å²) in [5, 5.41) is 0. The summed E-state index contributed by atoms with van der Waals surface area (Å²) in [6.45, 7) is 4.27. The van der Waals surface area contributed by atoms with Crippen LogP contribution in [0.2, 0.25) is 0 Å². The molecular weight excluding hydrogens is 374 g/mol. The molecule has 0 spiro atoms. The molecule has 1 saturated carbocycles. The molecule has 5 rings (SSSR count). The topological polar surface area (TPSA) is 46.6 Å². The molecule has 0 radical (unpaired) electrons. The van der Waals surface area contributed by atoms with Crippen molar-refractivity contribution in [1.82, 2.24) is 4.90 Å². The van der Waals surface area contributed by atoms with E-state index >= 15 is 0 Å². The second kappa shape index (κ2) is 7.26. The van der Waals surface area contributed by atoms with E-state index in [1.165, 1.54) is 6.42 Å². The van der Waals surface area contributed by atoms with Crippen LogP contribution in [0.15, 0.2) is 42.5 Å². The van der Waals surface area contributed by atoms with E-state index in [9.17, 15) is 9.59 Å². The third kappa shape index (κ3) is 2.65. The quantitative estimate of drug-likeness (QED) is 0.686. The van der Waals surface area contributed by atoms with Gasteiger partial charge in [0, 0.05) is 11.6 Å². The lowest BCUT2D eigenvalue weighted by Gasteiger charge is -2.49. The largest absolute Gasteiger partial charge is 0.465 e. The highest BCUT2D eigenvalue weighted by Gasteiger charge is 2.61. The highest BCUT2D eigenvalue weighted by molar-refractivity contribution is 6.03. The third-order valence-corrected chi connectivity index (χ3v) is 7.29. The molecule has 2 aromatic carbocycles. The highest BCUT2D eigenvalue weighted by Crippen LogP contribution is 2.56. The van der Waals surface area contributed by atoms with Crippen molar-refractivity contribution in [2.75, 3.05) is 6.61 Å². The Morgan fingerprint density at radius 3 is 2.67 bits per heavy atom. The van der Waals surface area contributed by atoms with Crippen LogP contribution in [-0.2, 0) is 21.4 Å². The van der Waals surface area contributed by atoms with Crippen LogP contribution in [0.4, 0.5) is 0 Å². The normalized spacial score (nSPS) is 25.5. The molecule has 1 aliphatic heterocycles. The van der Waals surface area contributed by atoms with Crippen molar-refractivity contribution in [3.05, 3.63) is 70.3 Å². The second-order valence-electron chi connectivity index (χ2n) is 9.02. The van der Waals surface area contributed by atoms with Gasteiger partial charge in [-0.3, -0.25) is 9.59 Å². The zero-order chi connectivity index (χ0) is 20.9. The van der Waals surface area contributed by atoms with Crippen molar-refractivity contribution in [3.63, 3.8) is 0 Å². The summed E-state index contributed by atoms with van der Waals surface area (Å²) in [5.41, 5.74) is 4.06. The van der Waals surface area contributed by atoms with Gasteiger partial charge in [-0.2, -0.15) is 0 Å². The Morgan fingerprint density at radius 1 is 1.13 bits per heavy atom. The lowest BCUT2D eigenvalue weighted by Crippen LogP contribution is -2.57. The molecule has 2 aromatic rings. The zero-order valence-corrected chi connectivity index (χ0v) is 17.8. The van der Waals surface area contributed by atoms with Gasteiger partial charge in [0.1, 0.15) is 5.41 Å². The van der Waals surface area contributed by atoms with E-state index < -0.39 is 5.41 Å². The summed E-state index contributed by atoms with van der Waals surface area (Å²) in [7, 11) is 0. The highest BCUT2D eigenvalue weighted by atomic mass is 16.5. The van der Waals surface area contributed by atoms with E-state index in [0.717, 1.165) is 47.9 Å². The molecular formula is C26H29NO3. The molecule has 0 aromatic heterocycles. The number of hydrogen-bond donors (Lipinski definition) is 0. The number of amides is 1. The molecule has 3 aliphatic rings. The van der Waals surface area contributed by atoms with Gasteiger partial charge in [-0.05, 0) is 55.9 Å². The molecule has 4 heteroatoms. The minimum absolute atomic E-state index is 0.0665. The van der Waals surface area contributed by atoms with Crippen molar-refractivity contribution in [1.29, 1.82) is 0 Å². The van der Waals surface area contributed by atoms with Crippen LogP contribution in [0.25, 0.3) is 0 Å². The van der Waals surface area contributed by atoms with Gasteiger partial charge in [0.05, 0.1) is 12.6 Å². The van der Waals surface area contributed by atoms with Gasteiger partial charge >= 0.3 is 5.97 Å². The summed E-state index contributed by atoms with van der Waals surface area (Å²) in [4.78, 5) is 29.6. The maximum absolute atomic E-state index is 13.8. The number of rotatable bonds is 3. The van der Waals surface area contributed by atoms with Gasteiger partial charge in [-0.15, -0.1) is 0 Å². The molecule has 2 atom stereocenters. The molecule has 2 aliphatic carbocycles. The maximum atomic E-state index is 13.8. The minimum atomic E-state index is -0.867. The third-order valence-electron chi connectivity index (χ3n) is 7.29. The van der Waals surface area contributed by atoms with Gasteiger partial charge in [-0.25, -0.2) is 0 Å². The number of fused-ring (bicyclic) bond motifs is 5. The minimum Gasteiger partial charge on any atom is -0.465 e. The van der Waals surface area contributed by atoms with Gasteiger partial charge in [0.25, 0.3) is 5.91 Å². The Hall–Kier alpha value is -2.62. The molecule has 0 saturated heterocycles. The fourth-order valence-electron chi connectivity index (χ4n) is 6.03. The maximum Gasteiger partial charge on any atom is 0.319 e. The first-order valence-electron chi connectivity index (χ1n) is 11.3. The van der Waals surface area contributed by atoms with Crippen molar-refractivity contribution in [2.24, 2.45) is 0 Å². The summed E-state index contributed by atoms with van der Waals surface area (Å²) < 4.78 is 5.70. The molecule has 156 valence electrons. The first-order chi connectivity index (χ1) is 14.6. The zero-order valence-electron chi connectivity index (χ0n) is 17.8. The monoisotopic (exact) mass is 403 g/mol. The average Bonchev–Trinajstić information content (AvgIpc) is 3.11. The SMILES string of the molecule is CCOC(=O)[C@]12Cc3ccc(C)cc3[C@H]1N(C1CCCCC1)C(=O)c1ccccc12. The first kappa shape index (κ1) is 19.3. The fourth-order valence-corrected chi connectivity index (χ4v) is 6.03. The number of ether oxygens (including phenoxy) is 1. The lowest BCUT2D eigenvalue weighted by molar-refractivity contribution is -0.153. The van der Waals surface area contributed by atoms with Crippen LogP contribution >= 0.6 is 0 Å². The number of nitrogens with zero attached hydrogens (tertiary/aromatic N) is 1. The van der Waals surface area contributed by atoms with E-state index in [2.05, 4.69) is 30.0 Å². The molecule has 0 bridgehead atoms. The fraction of sp³-hybridized carbons (Fsp3) is 0.462. The molecule has 1 amide bonds.